The Morgan fingerprint density at radius 2 is 1.57 bits per heavy atom. The maximum atomic E-state index is 12.2. The SMILES string of the molecule is CC(C)(C)c1ccc(C(=O)ON2C(=O)c3ccccc3C2=O)[nH]1. The first-order chi connectivity index (χ1) is 10.8. The van der Waals surface area contributed by atoms with Crippen molar-refractivity contribution < 1.29 is 19.2 Å². The summed E-state index contributed by atoms with van der Waals surface area (Å²) in [5, 5.41) is 0.505. The number of aromatic nitrogens is 1. The number of hydrogen-bond acceptors (Lipinski definition) is 4. The fraction of sp³-hybridized carbons (Fsp3) is 0.235. The van der Waals surface area contributed by atoms with E-state index in [1.807, 2.05) is 20.8 Å². The van der Waals surface area contributed by atoms with Crippen molar-refractivity contribution in [3.05, 3.63) is 58.9 Å². The summed E-state index contributed by atoms with van der Waals surface area (Å²) < 4.78 is 0. The Labute approximate surface area is 133 Å². The summed E-state index contributed by atoms with van der Waals surface area (Å²) in [6.45, 7) is 5.99. The molecule has 0 atom stereocenters. The molecule has 0 spiro atoms. The van der Waals surface area contributed by atoms with E-state index in [4.69, 9.17) is 4.84 Å². The van der Waals surface area contributed by atoms with E-state index in [0.29, 0.717) is 5.06 Å². The third-order valence-electron chi connectivity index (χ3n) is 3.64. The zero-order valence-corrected chi connectivity index (χ0v) is 13.0. The van der Waals surface area contributed by atoms with Gasteiger partial charge in [0.15, 0.2) is 0 Å². The molecule has 1 N–H and O–H groups in total. The first-order valence-corrected chi connectivity index (χ1v) is 7.18. The number of hydroxylamine groups is 2. The minimum absolute atomic E-state index is 0.159. The van der Waals surface area contributed by atoms with Crippen molar-refractivity contribution in [2.24, 2.45) is 0 Å². The molecule has 0 radical (unpaired) electrons. The molecule has 23 heavy (non-hydrogen) atoms. The molecule has 1 aromatic heterocycles. The lowest BCUT2D eigenvalue weighted by molar-refractivity contribution is -0.0588. The van der Waals surface area contributed by atoms with E-state index in [0.717, 1.165) is 5.69 Å². The summed E-state index contributed by atoms with van der Waals surface area (Å²) in [6.07, 6.45) is 0. The molecule has 118 valence electrons. The highest BCUT2D eigenvalue weighted by atomic mass is 16.7. The van der Waals surface area contributed by atoms with Crippen LogP contribution in [0, 0.1) is 0 Å². The zero-order valence-electron chi connectivity index (χ0n) is 13.0. The Morgan fingerprint density at radius 3 is 2.04 bits per heavy atom. The smallest absolute Gasteiger partial charge is 0.352 e. The predicted molar refractivity (Wildman–Crippen MR) is 81.9 cm³/mol. The molecule has 6 nitrogen and oxygen atoms in total. The number of nitrogens with zero attached hydrogens (tertiary/aromatic N) is 1. The number of imide groups is 1. The number of fused-ring (bicyclic) bond motifs is 1. The number of H-pyrrole nitrogens is 1. The Balaban J connectivity index is 1.81. The number of benzene rings is 1. The number of aromatic amines is 1. The van der Waals surface area contributed by atoms with E-state index in [9.17, 15) is 14.4 Å². The summed E-state index contributed by atoms with van der Waals surface area (Å²) in [5.74, 6) is -2.06. The van der Waals surface area contributed by atoms with E-state index in [2.05, 4.69) is 4.98 Å². The average molecular weight is 312 g/mol. The Hall–Kier alpha value is -2.89. The van der Waals surface area contributed by atoms with Crippen LogP contribution in [0.5, 0.6) is 0 Å². The summed E-state index contributed by atoms with van der Waals surface area (Å²) in [4.78, 5) is 44.4. The molecule has 2 amide bonds. The molecule has 0 unspecified atom stereocenters. The molecule has 1 aromatic carbocycles. The standard InChI is InChI=1S/C17H16N2O4/c1-17(2,3)13-9-8-12(18-13)16(22)23-19-14(20)10-6-4-5-7-11(10)15(19)21/h4-9,18H,1-3H3. The van der Waals surface area contributed by atoms with Crippen LogP contribution < -0.4 is 0 Å². The molecule has 1 aliphatic heterocycles. The lowest BCUT2D eigenvalue weighted by atomic mass is 9.93. The summed E-state index contributed by atoms with van der Waals surface area (Å²) in [7, 11) is 0. The second kappa shape index (κ2) is 5.08. The van der Waals surface area contributed by atoms with Crippen LogP contribution in [0.15, 0.2) is 36.4 Å². The van der Waals surface area contributed by atoms with E-state index < -0.39 is 17.8 Å². The van der Waals surface area contributed by atoms with Gasteiger partial charge >= 0.3 is 5.97 Å². The lowest BCUT2D eigenvalue weighted by Crippen LogP contribution is -2.32. The van der Waals surface area contributed by atoms with E-state index >= 15 is 0 Å². The molecular weight excluding hydrogens is 296 g/mol. The summed E-state index contributed by atoms with van der Waals surface area (Å²) >= 11 is 0. The van der Waals surface area contributed by atoms with E-state index in [-0.39, 0.29) is 22.2 Å². The maximum Gasteiger partial charge on any atom is 0.379 e. The van der Waals surface area contributed by atoms with Gasteiger partial charge in [0.25, 0.3) is 11.8 Å². The van der Waals surface area contributed by atoms with Gasteiger partial charge in [-0.15, -0.1) is 0 Å². The van der Waals surface area contributed by atoms with E-state index in [1.165, 1.54) is 12.1 Å². The summed E-state index contributed by atoms with van der Waals surface area (Å²) in [5.41, 5.74) is 1.34. The van der Waals surface area contributed by atoms with Gasteiger partial charge < -0.3 is 9.82 Å². The number of carbonyl (C=O) groups is 3. The van der Waals surface area contributed by atoms with Gasteiger partial charge in [-0.1, -0.05) is 38.0 Å². The lowest BCUT2D eigenvalue weighted by Gasteiger charge is -2.16. The molecule has 0 fully saturated rings. The van der Waals surface area contributed by atoms with Crippen molar-refractivity contribution in [2.45, 2.75) is 26.2 Å². The van der Waals surface area contributed by atoms with Gasteiger partial charge in [-0.05, 0) is 24.3 Å². The molecule has 1 aliphatic rings. The average Bonchev–Trinajstić information content (AvgIpc) is 3.08. The second-order valence-electron chi connectivity index (χ2n) is 6.36. The molecular formula is C17H16N2O4. The normalized spacial score (nSPS) is 14.1. The van der Waals surface area contributed by atoms with Crippen LogP contribution in [0.4, 0.5) is 0 Å². The second-order valence-corrected chi connectivity index (χ2v) is 6.36. The van der Waals surface area contributed by atoms with Crippen LogP contribution in [0.1, 0.15) is 57.7 Å². The quantitative estimate of drug-likeness (QED) is 0.865. The highest BCUT2D eigenvalue weighted by Gasteiger charge is 2.39. The number of hydrogen-bond donors (Lipinski definition) is 1. The monoisotopic (exact) mass is 312 g/mol. The number of rotatable bonds is 2. The molecule has 0 saturated heterocycles. The third-order valence-corrected chi connectivity index (χ3v) is 3.64. The third kappa shape index (κ3) is 2.52. The van der Waals surface area contributed by atoms with Crippen molar-refractivity contribution in [2.75, 3.05) is 0 Å². The van der Waals surface area contributed by atoms with Gasteiger partial charge in [0.05, 0.1) is 11.1 Å². The number of carbonyl (C=O) groups excluding carboxylic acids is 3. The van der Waals surface area contributed by atoms with Gasteiger partial charge in [0, 0.05) is 11.1 Å². The van der Waals surface area contributed by atoms with Crippen LogP contribution in [-0.4, -0.2) is 27.8 Å². The number of amides is 2. The van der Waals surface area contributed by atoms with Crippen molar-refractivity contribution in [3.8, 4) is 0 Å². The van der Waals surface area contributed by atoms with Gasteiger partial charge in [-0.25, -0.2) is 4.79 Å². The number of nitrogens with one attached hydrogen (secondary N) is 1. The summed E-state index contributed by atoms with van der Waals surface area (Å²) in [6, 6.07) is 9.69. The van der Waals surface area contributed by atoms with Crippen molar-refractivity contribution >= 4 is 17.8 Å². The van der Waals surface area contributed by atoms with Gasteiger partial charge in [-0.2, -0.15) is 0 Å². The fourth-order valence-corrected chi connectivity index (χ4v) is 2.33. The van der Waals surface area contributed by atoms with Crippen molar-refractivity contribution in [1.82, 2.24) is 10.0 Å². The topological polar surface area (TPSA) is 79.5 Å². The fourth-order valence-electron chi connectivity index (χ4n) is 2.33. The highest BCUT2D eigenvalue weighted by molar-refractivity contribution is 6.21. The molecule has 0 bridgehead atoms. The van der Waals surface area contributed by atoms with Gasteiger partial charge in [-0.3, -0.25) is 9.59 Å². The van der Waals surface area contributed by atoms with Crippen LogP contribution in [0.3, 0.4) is 0 Å². The Bertz CT molecular complexity index is 779. The largest absolute Gasteiger partial charge is 0.379 e. The first-order valence-electron chi connectivity index (χ1n) is 7.18. The van der Waals surface area contributed by atoms with Gasteiger partial charge in [0.2, 0.25) is 0 Å². The molecule has 6 heteroatoms. The van der Waals surface area contributed by atoms with Crippen molar-refractivity contribution in [1.29, 1.82) is 0 Å². The highest BCUT2D eigenvalue weighted by Crippen LogP contribution is 2.24. The molecule has 0 saturated carbocycles. The van der Waals surface area contributed by atoms with Crippen LogP contribution in [-0.2, 0) is 10.3 Å². The maximum absolute atomic E-state index is 12.2. The van der Waals surface area contributed by atoms with Crippen molar-refractivity contribution in [3.63, 3.8) is 0 Å². The minimum Gasteiger partial charge on any atom is -0.352 e. The minimum atomic E-state index is -0.782. The van der Waals surface area contributed by atoms with Crippen LogP contribution in [0.25, 0.3) is 0 Å². The molecule has 2 aromatic rings. The Morgan fingerprint density at radius 1 is 1.00 bits per heavy atom. The van der Waals surface area contributed by atoms with E-state index in [1.54, 1.807) is 24.3 Å². The molecule has 0 aliphatic carbocycles. The van der Waals surface area contributed by atoms with Gasteiger partial charge in [0.1, 0.15) is 5.69 Å². The Kier molecular flexibility index (Phi) is 3.32. The molecule has 3 rings (SSSR count). The predicted octanol–water partition coefficient (Wildman–Crippen LogP) is 2.68. The zero-order chi connectivity index (χ0) is 16.8. The molecule has 2 heterocycles. The van der Waals surface area contributed by atoms with Crippen LogP contribution >= 0.6 is 0 Å². The van der Waals surface area contributed by atoms with Crippen LogP contribution in [0.2, 0.25) is 0 Å². The first kappa shape index (κ1) is 15.0.